The first-order valence-electron chi connectivity index (χ1n) is 19.5. The highest BCUT2D eigenvalue weighted by Crippen LogP contribution is 2.45. The number of hydrogen-bond acceptors (Lipinski definition) is 0. The van der Waals surface area contributed by atoms with E-state index in [9.17, 15) is 0 Å². The molecule has 0 amide bonds. The molecule has 0 nitrogen and oxygen atoms in total. The number of hydrogen-bond donors (Lipinski definition) is 0. The molecule has 0 heteroatoms. The van der Waals surface area contributed by atoms with Gasteiger partial charge >= 0.3 is 0 Å². The van der Waals surface area contributed by atoms with E-state index in [0.717, 1.165) is 0 Å². The van der Waals surface area contributed by atoms with Crippen LogP contribution in [0.3, 0.4) is 0 Å². The Kier molecular flexibility index (Phi) is 6.73. The molecule has 0 fully saturated rings. The van der Waals surface area contributed by atoms with Gasteiger partial charge in [0.15, 0.2) is 0 Å². The van der Waals surface area contributed by atoms with Crippen LogP contribution in [0.1, 0.15) is 0 Å². The molecule has 0 bridgehead atoms. The van der Waals surface area contributed by atoms with E-state index < -0.39 is 0 Å². The highest BCUT2D eigenvalue weighted by Gasteiger charge is 2.17. The fourth-order valence-electron chi connectivity index (χ4n) is 9.60. The lowest BCUT2D eigenvalue weighted by atomic mass is 9.85. The SMILES string of the molecule is c1ccc2c(-c3ccc4c(-c5ccc6ccc7c(-c8cccc9cc(-c%10cccc%11ccccc%10%11)ccc89)ccc8ccc5c6c87)cccc4c3)cccc2c1. The van der Waals surface area contributed by atoms with Crippen LogP contribution in [-0.2, 0) is 0 Å². The third kappa shape index (κ3) is 4.66. The molecule has 12 aromatic rings. The first-order valence-corrected chi connectivity index (χ1v) is 19.5. The standard InChI is InChI=1S/C56H34/c1-3-15-43-35(9-1)11-5-17-45(43)41-25-27-47-39(33-41)13-7-19-49(47)51-29-21-37-24-32-54-52(30-22-38-23-31-53(51)55(37)56(38)54)50-20-8-14-40-34-42(26-28-48(40)50)46-18-6-12-36-10-2-4-16-44(36)46/h1-34H. The molecule has 0 heterocycles. The van der Waals surface area contributed by atoms with Crippen molar-refractivity contribution < 1.29 is 0 Å². The second-order valence-corrected chi connectivity index (χ2v) is 15.2. The summed E-state index contributed by atoms with van der Waals surface area (Å²) >= 11 is 0. The summed E-state index contributed by atoms with van der Waals surface area (Å²) < 4.78 is 0. The number of rotatable bonds is 4. The van der Waals surface area contributed by atoms with Crippen LogP contribution in [0.2, 0.25) is 0 Å². The largest absolute Gasteiger partial charge is 0.0616 e. The van der Waals surface area contributed by atoms with Gasteiger partial charge in [0.25, 0.3) is 0 Å². The molecule has 0 radical (unpaired) electrons. The van der Waals surface area contributed by atoms with E-state index in [4.69, 9.17) is 0 Å². The maximum absolute atomic E-state index is 2.36. The summed E-state index contributed by atoms with van der Waals surface area (Å²) in [5.74, 6) is 0. The van der Waals surface area contributed by atoms with Crippen molar-refractivity contribution in [3.05, 3.63) is 206 Å². The van der Waals surface area contributed by atoms with Crippen LogP contribution in [0.25, 0.3) is 120 Å². The minimum Gasteiger partial charge on any atom is -0.0616 e. The van der Waals surface area contributed by atoms with E-state index in [2.05, 4.69) is 206 Å². The summed E-state index contributed by atoms with van der Waals surface area (Å²) in [6, 6.07) is 76.6. The summed E-state index contributed by atoms with van der Waals surface area (Å²) in [7, 11) is 0. The Morgan fingerprint density at radius 1 is 0.179 bits per heavy atom. The molecule has 12 aromatic carbocycles. The van der Waals surface area contributed by atoms with E-state index in [1.165, 1.54) is 120 Å². The molecule has 258 valence electrons. The summed E-state index contributed by atoms with van der Waals surface area (Å²) in [4.78, 5) is 0. The van der Waals surface area contributed by atoms with Gasteiger partial charge in [0.05, 0.1) is 0 Å². The van der Waals surface area contributed by atoms with Crippen LogP contribution in [0.5, 0.6) is 0 Å². The molecule has 0 aromatic heterocycles. The molecule has 0 aliphatic heterocycles. The molecule has 12 rings (SSSR count). The van der Waals surface area contributed by atoms with Crippen molar-refractivity contribution in [1.82, 2.24) is 0 Å². The minimum atomic E-state index is 1.24. The maximum Gasteiger partial charge on any atom is -0.00203 e. The average molecular weight is 707 g/mol. The van der Waals surface area contributed by atoms with Gasteiger partial charge < -0.3 is 0 Å². The predicted octanol–water partition coefficient (Wildman–Crippen LogP) is 15.9. The van der Waals surface area contributed by atoms with Crippen molar-refractivity contribution in [3.63, 3.8) is 0 Å². The van der Waals surface area contributed by atoms with E-state index >= 15 is 0 Å². The second-order valence-electron chi connectivity index (χ2n) is 15.2. The molecule has 0 spiro atoms. The lowest BCUT2D eigenvalue weighted by molar-refractivity contribution is 1.66. The lowest BCUT2D eigenvalue weighted by Gasteiger charge is -2.18. The molecule has 0 saturated heterocycles. The Morgan fingerprint density at radius 2 is 0.518 bits per heavy atom. The second kappa shape index (κ2) is 12.1. The van der Waals surface area contributed by atoms with Gasteiger partial charge in [0, 0.05) is 0 Å². The third-order valence-electron chi connectivity index (χ3n) is 12.2. The molecular formula is C56H34. The van der Waals surface area contributed by atoms with Gasteiger partial charge in [-0.15, -0.1) is 0 Å². The van der Waals surface area contributed by atoms with Crippen molar-refractivity contribution in [2.75, 3.05) is 0 Å². The van der Waals surface area contributed by atoms with Crippen LogP contribution >= 0.6 is 0 Å². The molecule has 0 atom stereocenters. The first-order chi connectivity index (χ1) is 27.8. The van der Waals surface area contributed by atoms with Crippen LogP contribution in [0.4, 0.5) is 0 Å². The summed E-state index contributed by atoms with van der Waals surface area (Å²) in [5.41, 5.74) is 10.1. The van der Waals surface area contributed by atoms with Gasteiger partial charge in [-0.1, -0.05) is 194 Å². The van der Waals surface area contributed by atoms with Crippen LogP contribution in [-0.4, -0.2) is 0 Å². The molecule has 0 unspecified atom stereocenters. The number of benzene rings is 12. The van der Waals surface area contributed by atoms with Gasteiger partial charge in [-0.05, 0) is 132 Å². The van der Waals surface area contributed by atoms with Gasteiger partial charge in [0.1, 0.15) is 0 Å². The summed E-state index contributed by atoms with van der Waals surface area (Å²) in [6.45, 7) is 0. The van der Waals surface area contributed by atoms with Gasteiger partial charge in [-0.3, -0.25) is 0 Å². The smallest absolute Gasteiger partial charge is 0.00203 e. The van der Waals surface area contributed by atoms with E-state index in [1.807, 2.05) is 0 Å². The Hall–Kier alpha value is -7.28. The molecule has 56 heavy (non-hydrogen) atoms. The van der Waals surface area contributed by atoms with E-state index in [-0.39, 0.29) is 0 Å². The summed E-state index contributed by atoms with van der Waals surface area (Å²) in [5, 5.41) is 17.9. The molecule has 0 saturated carbocycles. The fraction of sp³-hybridized carbons (Fsp3) is 0. The minimum absolute atomic E-state index is 1.24. The Balaban J connectivity index is 1.01. The Morgan fingerprint density at radius 3 is 1.00 bits per heavy atom. The van der Waals surface area contributed by atoms with Gasteiger partial charge in [0.2, 0.25) is 0 Å². The van der Waals surface area contributed by atoms with Crippen molar-refractivity contribution >= 4 is 75.4 Å². The predicted molar refractivity (Wildman–Crippen MR) is 242 cm³/mol. The average Bonchev–Trinajstić information content (AvgIpc) is 3.27. The van der Waals surface area contributed by atoms with Crippen molar-refractivity contribution in [1.29, 1.82) is 0 Å². The van der Waals surface area contributed by atoms with Crippen LogP contribution in [0.15, 0.2) is 206 Å². The topological polar surface area (TPSA) is 0 Å². The first kappa shape index (κ1) is 31.1. The Labute approximate surface area is 324 Å². The third-order valence-corrected chi connectivity index (χ3v) is 12.2. The normalized spacial score (nSPS) is 11.9. The van der Waals surface area contributed by atoms with Crippen molar-refractivity contribution in [2.45, 2.75) is 0 Å². The highest BCUT2D eigenvalue weighted by molar-refractivity contribution is 6.28. The molecular weight excluding hydrogens is 673 g/mol. The van der Waals surface area contributed by atoms with Crippen LogP contribution < -0.4 is 0 Å². The monoisotopic (exact) mass is 706 g/mol. The van der Waals surface area contributed by atoms with Crippen molar-refractivity contribution in [2.24, 2.45) is 0 Å². The zero-order valence-corrected chi connectivity index (χ0v) is 30.6. The highest BCUT2D eigenvalue weighted by atomic mass is 14.2. The maximum atomic E-state index is 2.36. The number of fused-ring (bicyclic) bond motifs is 4. The fourth-order valence-corrected chi connectivity index (χ4v) is 9.60. The Bertz CT molecular complexity index is 3280. The summed E-state index contributed by atoms with van der Waals surface area (Å²) in [6.07, 6.45) is 0. The zero-order chi connectivity index (χ0) is 36.7. The zero-order valence-electron chi connectivity index (χ0n) is 30.6. The molecule has 0 N–H and O–H groups in total. The van der Waals surface area contributed by atoms with E-state index in [1.54, 1.807) is 0 Å². The quantitative estimate of drug-likeness (QED) is 0.160. The molecule has 0 aliphatic carbocycles. The van der Waals surface area contributed by atoms with Gasteiger partial charge in [-0.2, -0.15) is 0 Å². The van der Waals surface area contributed by atoms with Crippen molar-refractivity contribution in [3.8, 4) is 44.5 Å². The van der Waals surface area contributed by atoms with Gasteiger partial charge in [-0.25, -0.2) is 0 Å². The lowest BCUT2D eigenvalue weighted by Crippen LogP contribution is -1.91. The molecule has 0 aliphatic rings. The van der Waals surface area contributed by atoms with E-state index in [0.29, 0.717) is 0 Å². The van der Waals surface area contributed by atoms with Crippen LogP contribution in [0, 0.1) is 0 Å².